The quantitative estimate of drug-likeness (QED) is 0.767. The maximum absolute atomic E-state index is 13.3. The number of nitrogens with zero attached hydrogens (tertiary/aromatic N) is 1. The topological polar surface area (TPSA) is 63.2 Å². The summed E-state index contributed by atoms with van der Waals surface area (Å²) in [6, 6.07) is 1.10. The van der Waals surface area contributed by atoms with Crippen molar-refractivity contribution in [1.82, 2.24) is 10.3 Å². The van der Waals surface area contributed by atoms with Crippen LogP contribution in [0.1, 0.15) is 37.0 Å². The zero-order valence-corrected chi connectivity index (χ0v) is 12.2. The van der Waals surface area contributed by atoms with Gasteiger partial charge in [-0.25, -0.2) is 9.37 Å². The molecule has 20 heavy (non-hydrogen) atoms. The van der Waals surface area contributed by atoms with Crippen LogP contribution in [0, 0.1) is 5.82 Å². The second-order valence-corrected chi connectivity index (χ2v) is 4.49. The Balaban J connectivity index is 2.86. The van der Waals surface area contributed by atoms with E-state index in [1.165, 1.54) is 6.07 Å². The first-order valence-electron chi connectivity index (χ1n) is 6.81. The van der Waals surface area contributed by atoms with Gasteiger partial charge in [0.1, 0.15) is 11.6 Å². The fourth-order valence-electron chi connectivity index (χ4n) is 1.93. The third kappa shape index (κ3) is 4.77. The lowest BCUT2D eigenvalue weighted by molar-refractivity contribution is 0.0891. The molecule has 1 unspecified atom stereocenters. The van der Waals surface area contributed by atoms with Gasteiger partial charge in [0, 0.05) is 13.7 Å². The lowest BCUT2D eigenvalue weighted by atomic mass is 10.1. The van der Waals surface area contributed by atoms with Crippen LogP contribution < -0.4 is 10.6 Å². The molecule has 0 aliphatic heterocycles. The average Bonchev–Trinajstić information content (AvgIpc) is 2.41. The van der Waals surface area contributed by atoms with E-state index in [4.69, 9.17) is 4.74 Å². The normalized spacial score (nSPS) is 12.0. The summed E-state index contributed by atoms with van der Waals surface area (Å²) in [6.07, 6.45) is 2.82. The van der Waals surface area contributed by atoms with Gasteiger partial charge in [-0.15, -0.1) is 0 Å². The van der Waals surface area contributed by atoms with E-state index in [1.54, 1.807) is 7.11 Å². The summed E-state index contributed by atoms with van der Waals surface area (Å²) in [7, 11) is 1.59. The van der Waals surface area contributed by atoms with Gasteiger partial charge in [0.15, 0.2) is 0 Å². The summed E-state index contributed by atoms with van der Waals surface area (Å²) in [4.78, 5) is 16.1. The number of carbonyl (C=O) groups excluding carboxylic acids is 1. The van der Waals surface area contributed by atoms with Crippen molar-refractivity contribution in [3.05, 3.63) is 23.6 Å². The molecular weight excluding hydrogens is 261 g/mol. The van der Waals surface area contributed by atoms with E-state index in [1.807, 2.05) is 13.8 Å². The number of anilines is 1. The van der Waals surface area contributed by atoms with Crippen molar-refractivity contribution in [2.45, 2.75) is 32.7 Å². The van der Waals surface area contributed by atoms with Crippen LogP contribution in [0.4, 0.5) is 10.2 Å². The molecule has 2 N–H and O–H groups in total. The number of amides is 1. The van der Waals surface area contributed by atoms with Crippen molar-refractivity contribution in [2.75, 3.05) is 25.6 Å². The first-order chi connectivity index (χ1) is 9.62. The first-order valence-corrected chi connectivity index (χ1v) is 6.81. The van der Waals surface area contributed by atoms with Crippen LogP contribution in [0.5, 0.6) is 0 Å². The molecule has 0 saturated carbocycles. The van der Waals surface area contributed by atoms with E-state index in [0.29, 0.717) is 19.0 Å². The molecule has 0 aliphatic carbocycles. The minimum absolute atomic E-state index is 0.0877. The molecule has 0 spiro atoms. The van der Waals surface area contributed by atoms with Crippen LogP contribution in [0.3, 0.4) is 0 Å². The predicted octanol–water partition coefficient (Wildman–Crippen LogP) is 2.20. The second kappa shape index (κ2) is 8.47. The standard InChI is InChI=1S/C14H22FN3O2/c1-4-6-11(9-20-3)18-14(19)12-7-10(15)8-17-13(12)16-5-2/h7-8,11H,4-6,9H2,1-3H3,(H,16,17)(H,18,19). The minimum Gasteiger partial charge on any atom is -0.383 e. The summed E-state index contributed by atoms with van der Waals surface area (Å²) < 4.78 is 18.4. The number of ether oxygens (including phenoxy) is 1. The first kappa shape index (κ1) is 16.4. The molecule has 1 aromatic rings. The SMILES string of the molecule is CCCC(COC)NC(=O)c1cc(F)cnc1NCC. The molecule has 1 atom stereocenters. The number of pyridine rings is 1. The van der Waals surface area contributed by atoms with Crippen molar-refractivity contribution < 1.29 is 13.9 Å². The lowest BCUT2D eigenvalue weighted by Crippen LogP contribution is -2.38. The number of nitrogens with one attached hydrogen (secondary N) is 2. The molecule has 0 radical (unpaired) electrons. The Kier molecular flexibility index (Phi) is 6.93. The smallest absolute Gasteiger partial charge is 0.255 e. The molecule has 0 aliphatic rings. The number of carbonyl (C=O) groups is 1. The Morgan fingerprint density at radius 3 is 2.85 bits per heavy atom. The maximum atomic E-state index is 13.3. The van der Waals surface area contributed by atoms with Crippen LogP contribution >= 0.6 is 0 Å². The molecule has 1 aromatic heterocycles. The Morgan fingerprint density at radius 2 is 2.25 bits per heavy atom. The van der Waals surface area contributed by atoms with Gasteiger partial charge < -0.3 is 15.4 Å². The third-order valence-corrected chi connectivity index (χ3v) is 2.78. The lowest BCUT2D eigenvalue weighted by Gasteiger charge is -2.18. The van der Waals surface area contributed by atoms with E-state index < -0.39 is 5.82 Å². The monoisotopic (exact) mass is 283 g/mol. The second-order valence-electron chi connectivity index (χ2n) is 4.49. The van der Waals surface area contributed by atoms with Gasteiger partial charge in [-0.2, -0.15) is 0 Å². The summed E-state index contributed by atoms with van der Waals surface area (Å²) in [6.45, 7) is 4.95. The van der Waals surface area contributed by atoms with Gasteiger partial charge >= 0.3 is 0 Å². The average molecular weight is 283 g/mol. The highest BCUT2D eigenvalue weighted by Gasteiger charge is 2.17. The number of hydrogen-bond donors (Lipinski definition) is 2. The van der Waals surface area contributed by atoms with Gasteiger partial charge in [0.05, 0.1) is 24.4 Å². The van der Waals surface area contributed by atoms with E-state index in [-0.39, 0.29) is 17.5 Å². The van der Waals surface area contributed by atoms with Gasteiger partial charge in [-0.3, -0.25) is 4.79 Å². The zero-order chi connectivity index (χ0) is 15.0. The van der Waals surface area contributed by atoms with Crippen LogP contribution in [0.15, 0.2) is 12.3 Å². The Bertz CT molecular complexity index is 434. The molecule has 0 saturated heterocycles. The molecule has 0 fully saturated rings. The van der Waals surface area contributed by atoms with E-state index in [2.05, 4.69) is 15.6 Å². The number of halogens is 1. The summed E-state index contributed by atoms with van der Waals surface area (Å²) in [5, 5.41) is 5.80. The van der Waals surface area contributed by atoms with Crippen molar-refractivity contribution in [3.63, 3.8) is 0 Å². The maximum Gasteiger partial charge on any atom is 0.255 e. The largest absolute Gasteiger partial charge is 0.383 e. The highest BCUT2D eigenvalue weighted by atomic mass is 19.1. The highest BCUT2D eigenvalue weighted by molar-refractivity contribution is 5.98. The third-order valence-electron chi connectivity index (χ3n) is 2.78. The molecule has 1 amide bonds. The van der Waals surface area contributed by atoms with Crippen molar-refractivity contribution in [2.24, 2.45) is 0 Å². The molecule has 5 nitrogen and oxygen atoms in total. The van der Waals surface area contributed by atoms with Crippen molar-refractivity contribution in [1.29, 1.82) is 0 Å². The molecule has 1 rings (SSSR count). The number of rotatable bonds is 8. The van der Waals surface area contributed by atoms with Crippen LogP contribution in [0.25, 0.3) is 0 Å². The number of hydrogen-bond acceptors (Lipinski definition) is 4. The summed E-state index contributed by atoms with van der Waals surface area (Å²) in [5.74, 6) is -0.488. The Morgan fingerprint density at radius 1 is 1.50 bits per heavy atom. The highest BCUT2D eigenvalue weighted by Crippen LogP contribution is 2.14. The molecule has 6 heteroatoms. The van der Waals surface area contributed by atoms with Crippen LogP contribution in [0.2, 0.25) is 0 Å². The molecule has 0 aromatic carbocycles. The van der Waals surface area contributed by atoms with Crippen LogP contribution in [-0.4, -0.2) is 37.2 Å². The summed E-state index contributed by atoms with van der Waals surface area (Å²) in [5.41, 5.74) is 0.212. The predicted molar refractivity (Wildman–Crippen MR) is 76.4 cm³/mol. The van der Waals surface area contributed by atoms with Gasteiger partial charge in [0.2, 0.25) is 0 Å². The fraction of sp³-hybridized carbons (Fsp3) is 0.571. The molecule has 0 bridgehead atoms. The Labute approximate surface area is 118 Å². The van der Waals surface area contributed by atoms with Gasteiger partial charge in [-0.1, -0.05) is 13.3 Å². The molecule has 112 valence electrons. The molecular formula is C14H22FN3O2. The van der Waals surface area contributed by atoms with Crippen LogP contribution in [-0.2, 0) is 4.74 Å². The van der Waals surface area contributed by atoms with E-state index in [0.717, 1.165) is 19.0 Å². The number of aromatic nitrogens is 1. The Hall–Kier alpha value is -1.69. The van der Waals surface area contributed by atoms with Gasteiger partial charge in [-0.05, 0) is 19.4 Å². The number of methoxy groups -OCH3 is 1. The molecule has 1 heterocycles. The van der Waals surface area contributed by atoms with Crippen molar-refractivity contribution >= 4 is 11.7 Å². The fourth-order valence-corrected chi connectivity index (χ4v) is 1.93. The van der Waals surface area contributed by atoms with E-state index >= 15 is 0 Å². The minimum atomic E-state index is -0.532. The van der Waals surface area contributed by atoms with Crippen molar-refractivity contribution in [3.8, 4) is 0 Å². The zero-order valence-electron chi connectivity index (χ0n) is 12.2. The van der Waals surface area contributed by atoms with E-state index in [9.17, 15) is 9.18 Å². The van der Waals surface area contributed by atoms with Gasteiger partial charge in [0.25, 0.3) is 5.91 Å². The summed E-state index contributed by atoms with van der Waals surface area (Å²) >= 11 is 0.